The van der Waals surface area contributed by atoms with Crippen LogP contribution in [0.1, 0.15) is 83.1 Å². The van der Waals surface area contributed by atoms with E-state index in [-0.39, 0.29) is 0 Å². The summed E-state index contributed by atoms with van der Waals surface area (Å²) in [7, 11) is 0. The highest BCUT2D eigenvalue weighted by Gasteiger charge is 2.06. The van der Waals surface area contributed by atoms with E-state index in [1.807, 2.05) is 0 Å². The molecule has 0 bridgehead atoms. The van der Waals surface area contributed by atoms with Crippen LogP contribution in [0.4, 0.5) is 0 Å². The number of halogens is 1. The molecule has 0 saturated carbocycles. The summed E-state index contributed by atoms with van der Waals surface area (Å²) in [6, 6.07) is 10.7. The van der Waals surface area contributed by atoms with Crippen molar-refractivity contribution in [1.29, 1.82) is 0 Å². The fraction of sp³-hybridized carbons (Fsp3) is 0.615. The Morgan fingerprint density at radius 2 is 1.38 bits per heavy atom. The highest BCUT2D eigenvalue weighted by Crippen LogP contribution is 2.30. The Hall–Kier alpha value is -1.41. The number of hydrogen-bond donors (Lipinski definition) is 0. The molecule has 0 amide bonds. The lowest BCUT2D eigenvalue weighted by Gasteiger charge is -2.13. The predicted molar refractivity (Wildman–Crippen MR) is 127 cm³/mol. The van der Waals surface area contributed by atoms with Gasteiger partial charge in [-0.05, 0) is 60.7 Å². The van der Waals surface area contributed by atoms with Gasteiger partial charge >= 0.3 is 0 Å². The molecule has 0 fully saturated rings. The van der Waals surface area contributed by atoms with Crippen molar-refractivity contribution >= 4 is 22.4 Å². The van der Waals surface area contributed by atoms with Gasteiger partial charge in [0, 0.05) is 5.88 Å². The topological polar surface area (TPSA) is 18.5 Å². The third kappa shape index (κ3) is 8.86. The van der Waals surface area contributed by atoms with Gasteiger partial charge in [-0.2, -0.15) is 0 Å². The lowest BCUT2D eigenvalue weighted by atomic mass is 10.0. The van der Waals surface area contributed by atoms with Crippen molar-refractivity contribution in [3.05, 3.63) is 35.9 Å². The van der Waals surface area contributed by atoms with Gasteiger partial charge in [0.25, 0.3) is 0 Å². The molecule has 162 valence electrons. The molecule has 0 spiro atoms. The van der Waals surface area contributed by atoms with Crippen LogP contribution in [0.25, 0.3) is 10.8 Å². The predicted octanol–water partition coefficient (Wildman–Crippen LogP) is 8.46. The lowest BCUT2D eigenvalue weighted by molar-refractivity contribution is 0.302. The van der Waals surface area contributed by atoms with Crippen LogP contribution in [0, 0.1) is 6.92 Å². The zero-order valence-electron chi connectivity index (χ0n) is 18.5. The molecule has 2 nitrogen and oxygen atoms in total. The van der Waals surface area contributed by atoms with Crippen molar-refractivity contribution in [2.24, 2.45) is 0 Å². The van der Waals surface area contributed by atoms with Crippen molar-refractivity contribution in [1.82, 2.24) is 0 Å². The number of benzene rings is 2. The van der Waals surface area contributed by atoms with Gasteiger partial charge in [0.15, 0.2) is 0 Å². The summed E-state index contributed by atoms with van der Waals surface area (Å²) in [6.45, 7) is 6.00. The van der Waals surface area contributed by atoms with E-state index in [1.54, 1.807) is 0 Å². The Balaban J connectivity index is 1.76. The minimum atomic E-state index is 0.789. The van der Waals surface area contributed by atoms with Gasteiger partial charge in [-0.3, -0.25) is 0 Å². The van der Waals surface area contributed by atoms with E-state index in [4.69, 9.17) is 21.1 Å². The normalized spacial score (nSPS) is 11.1. The molecule has 0 atom stereocenters. The largest absolute Gasteiger partial charge is 0.494 e. The van der Waals surface area contributed by atoms with Crippen molar-refractivity contribution < 1.29 is 9.47 Å². The molecule has 0 aliphatic carbocycles. The molecule has 0 aliphatic rings. The highest BCUT2D eigenvalue weighted by molar-refractivity contribution is 6.17. The quantitative estimate of drug-likeness (QED) is 0.201. The molecule has 0 aromatic heterocycles. The summed E-state index contributed by atoms with van der Waals surface area (Å²) in [4.78, 5) is 0. The van der Waals surface area contributed by atoms with E-state index in [0.717, 1.165) is 49.9 Å². The molecule has 0 radical (unpaired) electrons. The van der Waals surface area contributed by atoms with Crippen molar-refractivity contribution in [3.63, 3.8) is 0 Å². The smallest absolute Gasteiger partial charge is 0.122 e. The SMILES string of the molecule is CCCCCCCOc1ccc2cc(OCCCCCCCCCl)ccc2c1C. The van der Waals surface area contributed by atoms with Crippen LogP contribution < -0.4 is 9.47 Å². The van der Waals surface area contributed by atoms with E-state index in [0.29, 0.717) is 0 Å². The van der Waals surface area contributed by atoms with Crippen molar-refractivity contribution in [2.45, 2.75) is 84.5 Å². The zero-order chi connectivity index (χ0) is 20.7. The Morgan fingerprint density at radius 3 is 2.10 bits per heavy atom. The second kappa shape index (κ2) is 14.6. The fourth-order valence-corrected chi connectivity index (χ4v) is 3.86. The minimum absolute atomic E-state index is 0.789. The van der Waals surface area contributed by atoms with Crippen LogP contribution in [0.15, 0.2) is 30.3 Å². The monoisotopic (exact) mass is 418 g/mol. The van der Waals surface area contributed by atoms with E-state index in [1.165, 1.54) is 67.7 Å². The van der Waals surface area contributed by atoms with Gasteiger partial charge in [-0.25, -0.2) is 0 Å². The molecule has 0 unspecified atom stereocenters. The number of hydrogen-bond acceptors (Lipinski definition) is 2. The van der Waals surface area contributed by atoms with Crippen molar-refractivity contribution in [2.75, 3.05) is 19.1 Å². The number of alkyl halides is 1. The Morgan fingerprint density at radius 1 is 0.724 bits per heavy atom. The Bertz CT molecular complexity index is 698. The zero-order valence-corrected chi connectivity index (χ0v) is 19.2. The summed E-state index contributed by atoms with van der Waals surface area (Å²) in [5.74, 6) is 2.76. The van der Waals surface area contributed by atoms with Gasteiger partial charge in [0.1, 0.15) is 11.5 Å². The molecule has 29 heavy (non-hydrogen) atoms. The van der Waals surface area contributed by atoms with Gasteiger partial charge in [0.05, 0.1) is 13.2 Å². The molecule has 2 aromatic carbocycles. The molecular formula is C26H39ClO2. The first-order valence-electron chi connectivity index (χ1n) is 11.6. The highest BCUT2D eigenvalue weighted by atomic mass is 35.5. The van der Waals surface area contributed by atoms with Crippen LogP contribution in [-0.4, -0.2) is 19.1 Å². The summed E-state index contributed by atoms with van der Waals surface area (Å²) >= 11 is 5.71. The summed E-state index contributed by atoms with van der Waals surface area (Å²) in [5.41, 5.74) is 1.22. The lowest BCUT2D eigenvalue weighted by Crippen LogP contribution is -2.00. The number of unbranched alkanes of at least 4 members (excludes halogenated alkanes) is 9. The van der Waals surface area contributed by atoms with Crippen molar-refractivity contribution in [3.8, 4) is 11.5 Å². The number of fused-ring (bicyclic) bond motifs is 1. The van der Waals surface area contributed by atoms with E-state index >= 15 is 0 Å². The maximum atomic E-state index is 6.04. The van der Waals surface area contributed by atoms with Gasteiger partial charge in [-0.15, -0.1) is 11.6 Å². The fourth-order valence-electron chi connectivity index (χ4n) is 3.67. The van der Waals surface area contributed by atoms with Gasteiger partial charge < -0.3 is 9.47 Å². The van der Waals surface area contributed by atoms with E-state index in [9.17, 15) is 0 Å². The third-order valence-corrected chi connectivity index (χ3v) is 5.78. The molecular weight excluding hydrogens is 380 g/mol. The second-order valence-electron chi connectivity index (χ2n) is 7.99. The second-order valence-corrected chi connectivity index (χ2v) is 8.37. The van der Waals surface area contributed by atoms with E-state index in [2.05, 4.69) is 44.2 Å². The first-order chi connectivity index (χ1) is 14.3. The van der Waals surface area contributed by atoms with Crippen LogP contribution in [0.5, 0.6) is 11.5 Å². The molecule has 0 aliphatic heterocycles. The van der Waals surface area contributed by atoms with E-state index < -0.39 is 0 Å². The molecule has 0 N–H and O–H groups in total. The van der Waals surface area contributed by atoms with Crippen LogP contribution in [0.3, 0.4) is 0 Å². The molecule has 3 heteroatoms. The van der Waals surface area contributed by atoms with Gasteiger partial charge in [-0.1, -0.05) is 70.4 Å². The standard InChI is InChI=1S/C26H39ClO2/c1-3-4-5-9-13-20-29-26-17-14-23-21-24(15-16-25(23)22(26)2)28-19-12-10-7-6-8-11-18-27/h14-17,21H,3-13,18-20H2,1-2H3. The number of rotatable bonds is 16. The number of ether oxygens (including phenoxy) is 2. The summed E-state index contributed by atoms with van der Waals surface area (Å²) in [6.07, 6.45) is 13.6. The summed E-state index contributed by atoms with van der Waals surface area (Å²) in [5, 5.41) is 2.47. The maximum Gasteiger partial charge on any atom is 0.122 e. The van der Waals surface area contributed by atoms with Crippen LogP contribution in [-0.2, 0) is 0 Å². The summed E-state index contributed by atoms with van der Waals surface area (Å²) < 4.78 is 12.0. The molecule has 0 saturated heterocycles. The molecule has 0 heterocycles. The first kappa shape index (κ1) is 23.9. The van der Waals surface area contributed by atoms with Crippen LogP contribution in [0.2, 0.25) is 0 Å². The first-order valence-corrected chi connectivity index (χ1v) is 12.1. The molecule has 2 rings (SSSR count). The Labute approximate surface area is 182 Å². The van der Waals surface area contributed by atoms with Crippen LogP contribution >= 0.6 is 11.6 Å². The maximum absolute atomic E-state index is 6.04. The minimum Gasteiger partial charge on any atom is -0.494 e. The van der Waals surface area contributed by atoms with Gasteiger partial charge in [0.2, 0.25) is 0 Å². The average Bonchev–Trinajstić information content (AvgIpc) is 2.74. The molecule has 2 aromatic rings. The third-order valence-electron chi connectivity index (χ3n) is 5.51. The Kier molecular flexibility index (Phi) is 12.0. The number of aryl methyl sites for hydroxylation is 1. The average molecular weight is 419 g/mol.